The van der Waals surface area contributed by atoms with E-state index < -0.39 is 0 Å². The summed E-state index contributed by atoms with van der Waals surface area (Å²) in [5, 5.41) is 0. The van der Waals surface area contributed by atoms with Crippen LogP contribution in [0, 0.1) is 6.92 Å². The molecular formula is C18H28N4O. The Morgan fingerprint density at radius 1 is 1.00 bits per heavy atom. The van der Waals surface area contributed by atoms with Crippen LogP contribution in [0.1, 0.15) is 31.4 Å². The van der Waals surface area contributed by atoms with Crippen molar-refractivity contribution in [2.24, 2.45) is 0 Å². The van der Waals surface area contributed by atoms with Crippen LogP contribution in [0.4, 0.5) is 5.82 Å². The molecule has 3 rings (SSSR count). The molecule has 5 heteroatoms. The van der Waals surface area contributed by atoms with E-state index >= 15 is 0 Å². The summed E-state index contributed by atoms with van der Waals surface area (Å²) in [4.78, 5) is 23.8. The molecule has 0 atom stereocenters. The minimum Gasteiger partial charge on any atom is -0.354 e. The maximum absolute atomic E-state index is 12.5. The molecule has 2 fully saturated rings. The standard InChI is InChI=1S/C18H28N4O/c1-16-7-6-8-17(19-16)21-13-11-20(12-14-21)15-18(23)22-9-4-2-3-5-10-22/h6-8H,2-5,9-15H2,1H3. The Balaban J connectivity index is 1.48. The summed E-state index contributed by atoms with van der Waals surface area (Å²) in [6, 6.07) is 6.16. The number of carbonyl (C=O) groups is 1. The van der Waals surface area contributed by atoms with Gasteiger partial charge in [-0.25, -0.2) is 4.98 Å². The number of hydrogen-bond donors (Lipinski definition) is 0. The zero-order valence-electron chi connectivity index (χ0n) is 14.2. The first-order valence-corrected chi connectivity index (χ1v) is 8.91. The van der Waals surface area contributed by atoms with E-state index in [9.17, 15) is 4.79 Å². The highest BCUT2D eigenvalue weighted by Gasteiger charge is 2.22. The highest BCUT2D eigenvalue weighted by Crippen LogP contribution is 2.15. The van der Waals surface area contributed by atoms with Crippen LogP contribution >= 0.6 is 0 Å². The molecule has 2 saturated heterocycles. The molecule has 1 amide bonds. The van der Waals surface area contributed by atoms with Crippen LogP contribution in [-0.2, 0) is 4.79 Å². The van der Waals surface area contributed by atoms with E-state index in [0.29, 0.717) is 12.5 Å². The van der Waals surface area contributed by atoms with E-state index in [1.807, 2.05) is 13.0 Å². The van der Waals surface area contributed by atoms with Gasteiger partial charge in [0.05, 0.1) is 6.54 Å². The van der Waals surface area contributed by atoms with Crippen LogP contribution in [-0.4, -0.2) is 66.5 Å². The molecule has 3 heterocycles. The second kappa shape index (κ2) is 7.77. The topological polar surface area (TPSA) is 39.7 Å². The molecule has 0 aliphatic carbocycles. The number of anilines is 1. The van der Waals surface area contributed by atoms with Crippen molar-refractivity contribution in [2.45, 2.75) is 32.6 Å². The van der Waals surface area contributed by atoms with Gasteiger partial charge in [0.15, 0.2) is 0 Å². The average molecular weight is 316 g/mol. The number of rotatable bonds is 3. The van der Waals surface area contributed by atoms with Crippen molar-refractivity contribution >= 4 is 11.7 Å². The Hall–Kier alpha value is -1.62. The van der Waals surface area contributed by atoms with Crippen molar-refractivity contribution in [3.63, 3.8) is 0 Å². The molecule has 5 nitrogen and oxygen atoms in total. The number of aryl methyl sites for hydroxylation is 1. The van der Waals surface area contributed by atoms with Gasteiger partial charge < -0.3 is 9.80 Å². The van der Waals surface area contributed by atoms with Crippen LogP contribution < -0.4 is 4.90 Å². The minimum atomic E-state index is 0.314. The third-order valence-corrected chi connectivity index (χ3v) is 4.89. The highest BCUT2D eigenvalue weighted by molar-refractivity contribution is 5.78. The Bertz CT molecular complexity index is 518. The zero-order chi connectivity index (χ0) is 16.1. The van der Waals surface area contributed by atoms with E-state index in [-0.39, 0.29) is 0 Å². The monoisotopic (exact) mass is 316 g/mol. The number of aromatic nitrogens is 1. The fourth-order valence-electron chi connectivity index (χ4n) is 3.45. The summed E-state index contributed by atoms with van der Waals surface area (Å²) >= 11 is 0. The molecule has 126 valence electrons. The van der Waals surface area contributed by atoms with E-state index in [1.54, 1.807) is 0 Å². The van der Waals surface area contributed by atoms with E-state index in [4.69, 9.17) is 0 Å². The van der Waals surface area contributed by atoms with Gasteiger partial charge in [0.1, 0.15) is 5.82 Å². The Morgan fingerprint density at radius 3 is 2.35 bits per heavy atom. The molecule has 0 bridgehead atoms. The van der Waals surface area contributed by atoms with Crippen molar-refractivity contribution in [1.82, 2.24) is 14.8 Å². The largest absolute Gasteiger partial charge is 0.354 e. The normalized spacial score (nSPS) is 20.4. The van der Waals surface area contributed by atoms with Crippen molar-refractivity contribution < 1.29 is 4.79 Å². The Morgan fingerprint density at radius 2 is 1.70 bits per heavy atom. The lowest BCUT2D eigenvalue weighted by atomic mass is 10.2. The average Bonchev–Trinajstić information content (AvgIpc) is 2.85. The van der Waals surface area contributed by atoms with Crippen LogP contribution in [0.15, 0.2) is 18.2 Å². The number of amides is 1. The quantitative estimate of drug-likeness (QED) is 0.854. The Kier molecular flexibility index (Phi) is 5.49. The van der Waals surface area contributed by atoms with Gasteiger partial charge in [0.25, 0.3) is 0 Å². The number of carbonyl (C=O) groups excluding carboxylic acids is 1. The summed E-state index contributed by atoms with van der Waals surface area (Å²) < 4.78 is 0. The summed E-state index contributed by atoms with van der Waals surface area (Å²) in [6.07, 6.45) is 4.87. The van der Waals surface area contributed by atoms with Crippen LogP contribution in [0.25, 0.3) is 0 Å². The van der Waals surface area contributed by atoms with Crippen LogP contribution in [0.5, 0.6) is 0 Å². The predicted octanol–water partition coefficient (Wildman–Crippen LogP) is 1.91. The molecule has 1 aromatic heterocycles. The molecule has 0 radical (unpaired) electrons. The van der Waals surface area contributed by atoms with Gasteiger partial charge in [-0.05, 0) is 31.9 Å². The molecular weight excluding hydrogens is 288 g/mol. The second-order valence-electron chi connectivity index (χ2n) is 6.70. The third kappa shape index (κ3) is 4.44. The van der Waals surface area contributed by atoms with Gasteiger partial charge in [0, 0.05) is 45.0 Å². The number of pyridine rings is 1. The number of nitrogens with zero attached hydrogens (tertiary/aromatic N) is 4. The Labute approximate surface area is 139 Å². The summed E-state index contributed by atoms with van der Waals surface area (Å²) in [5.74, 6) is 1.37. The maximum atomic E-state index is 12.5. The molecule has 2 aliphatic heterocycles. The smallest absolute Gasteiger partial charge is 0.236 e. The molecule has 0 spiro atoms. The molecule has 23 heavy (non-hydrogen) atoms. The highest BCUT2D eigenvalue weighted by atomic mass is 16.2. The van der Waals surface area contributed by atoms with Crippen molar-refractivity contribution in [3.8, 4) is 0 Å². The van der Waals surface area contributed by atoms with Crippen molar-refractivity contribution in [2.75, 3.05) is 50.7 Å². The van der Waals surface area contributed by atoms with Crippen molar-refractivity contribution in [3.05, 3.63) is 23.9 Å². The van der Waals surface area contributed by atoms with Gasteiger partial charge in [-0.15, -0.1) is 0 Å². The third-order valence-electron chi connectivity index (χ3n) is 4.89. The second-order valence-corrected chi connectivity index (χ2v) is 6.70. The van der Waals surface area contributed by atoms with Crippen LogP contribution in [0.3, 0.4) is 0 Å². The number of piperazine rings is 1. The lowest BCUT2D eigenvalue weighted by Crippen LogP contribution is -2.50. The number of hydrogen-bond acceptors (Lipinski definition) is 4. The zero-order valence-corrected chi connectivity index (χ0v) is 14.2. The van der Waals surface area contributed by atoms with E-state index in [0.717, 1.165) is 50.8 Å². The first-order valence-electron chi connectivity index (χ1n) is 8.91. The first-order chi connectivity index (χ1) is 11.2. The van der Waals surface area contributed by atoms with Gasteiger partial charge in [0.2, 0.25) is 5.91 Å². The van der Waals surface area contributed by atoms with Gasteiger partial charge in [-0.2, -0.15) is 0 Å². The fraction of sp³-hybridized carbons (Fsp3) is 0.667. The number of likely N-dealkylation sites (tertiary alicyclic amines) is 1. The minimum absolute atomic E-state index is 0.314. The van der Waals surface area contributed by atoms with Gasteiger partial charge in [-0.1, -0.05) is 18.9 Å². The summed E-state index contributed by atoms with van der Waals surface area (Å²) in [7, 11) is 0. The molecule has 0 saturated carbocycles. The fourth-order valence-corrected chi connectivity index (χ4v) is 3.45. The lowest BCUT2D eigenvalue weighted by molar-refractivity contribution is -0.132. The van der Waals surface area contributed by atoms with Crippen LogP contribution in [0.2, 0.25) is 0 Å². The molecule has 0 aromatic carbocycles. The van der Waals surface area contributed by atoms with Crippen molar-refractivity contribution in [1.29, 1.82) is 0 Å². The first kappa shape index (κ1) is 16.2. The lowest BCUT2D eigenvalue weighted by Gasteiger charge is -2.36. The molecule has 0 N–H and O–H groups in total. The van der Waals surface area contributed by atoms with Gasteiger partial charge >= 0.3 is 0 Å². The van der Waals surface area contributed by atoms with E-state index in [2.05, 4.69) is 31.8 Å². The summed E-state index contributed by atoms with van der Waals surface area (Å²) in [6.45, 7) is 8.28. The maximum Gasteiger partial charge on any atom is 0.236 e. The predicted molar refractivity (Wildman–Crippen MR) is 92.7 cm³/mol. The molecule has 1 aromatic rings. The van der Waals surface area contributed by atoms with Gasteiger partial charge in [-0.3, -0.25) is 9.69 Å². The SMILES string of the molecule is Cc1cccc(N2CCN(CC(=O)N3CCCCCC3)CC2)n1. The molecule has 2 aliphatic rings. The molecule has 0 unspecified atom stereocenters. The van der Waals surface area contributed by atoms with E-state index in [1.165, 1.54) is 25.7 Å². The summed E-state index contributed by atoms with van der Waals surface area (Å²) in [5.41, 5.74) is 1.06.